The van der Waals surface area contributed by atoms with Crippen molar-refractivity contribution in [2.75, 3.05) is 6.54 Å². The molecule has 1 aromatic carbocycles. The molecule has 0 aliphatic carbocycles. The van der Waals surface area contributed by atoms with Crippen molar-refractivity contribution in [2.45, 2.75) is 19.4 Å². The van der Waals surface area contributed by atoms with E-state index in [2.05, 4.69) is 31.2 Å². The maximum atomic E-state index is 6.11. The van der Waals surface area contributed by atoms with Crippen molar-refractivity contribution in [1.82, 2.24) is 15.3 Å². The number of nitrogens with zero attached hydrogens (tertiary/aromatic N) is 1. The minimum Gasteiger partial charge on any atom is -0.349 e. The number of hydrogen-bond donors (Lipinski definition) is 2. The van der Waals surface area contributed by atoms with Crippen LogP contribution in [0.4, 0.5) is 0 Å². The van der Waals surface area contributed by atoms with Gasteiger partial charge in [0.2, 0.25) is 0 Å². The lowest BCUT2D eigenvalue weighted by Crippen LogP contribution is -2.15. The summed E-state index contributed by atoms with van der Waals surface area (Å²) in [5, 5.41) is 4.19. The summed E-state index contributed by atoms with van der Waals surface area (Å²) in [7, 11) is 0. The van der Waals surface area contributed by atoms with Gasteiger partial charge in [-0.2, -0.15) is 0 Å². The quantitative estimate of drug-likeness (QED) is 0.796. The molecule has 0 spiro atoms. The Morgan fingerprint density at radius 2 is 2.28 bits per heavy atom. The van der Waals surface area contributed by atoms with Gasteiger partial charge in [-0.15, -0.1) is 0 Å². The molecule has 0 radical (unpaired) electrons. The number of imidazole rings is 1. The molecule has 96 valence electrons. The number of aromatic nitrogens is 2. The Morgan fingerprint density at radius 3 is 3.06 bits per heavy atom. The summed E-state index contributed by atoms with van der Waals surface area (Å²) in [5.74, 6) is 1.04. The number of rotatable bonds is 6. The Bertz CT molecular complexity index is 485. The lowest BCUT2D eigenvalue weighted by Gasteiger charge is -2.07. The van der Waals surface area contributed by atoms with Crippen molar-refractivity contribution in [3.63, 3.8) is 0 Å². The first-order chi connectivity index (χ1) is 8.75. The van der Waals surface area contributed by atoms with E-state index in [4.69, 9.17) is 11.6 Å². The predicted molar refractivity (Wildman–Crippen MR) is 77.8 cm³/mol. The summed E-state index contributed by atoms with van der Waals surface area (Å²) in [6.45, 7) is 1.74. The monoisotopic (exact) mass is 327 g/mol. The van der Waals surface area contributed by atoms with Gasteiger partial charge in [-0.25, -0.2) is 4.98 Å². The third-order valence-electron chi connectivity index (χ3n) is 2.65. The maximum Gasteiger partial charge on any atom is 0.106 e. The Kier molecular flexibility index (Phi) is 5.23. The smallest absolute Gasteiger partial charge is 0.106 e. The fourth-order valence-electron chi connectivity index (χ4n) is 1.72. The zero-order chi connectivity index (χ0) is 12.8. The van der Waals surface area contributed by atoms with Gasteiger partial charge in [0.25, 0.3) is 0 Å². The lowest BCUT2D eigenvalue weighted by atomic mass is 10.2. The number of H-pyrrole nitrogens is 1. The molecule has 0 amide bonds. The molecular weight excluding hydrogens is 314 g/mol. The highest BCUT2D eigenvalue weighted by Crippen LogP contribution is 2.20. The summed E-state index contributed by atoms with van der Waals surface area (Å²) < 4.78 is 1.05. The van der Waals surface area contributed by atoms with Crippen LogP contribution in [0.1, 0.15) is 17.8 Å². The first-order valence-electron chi connectivity index (χ1n) is 5.88. The van der Waals surface area contributed by atoms with Crippen molar-refractivity contribution < 1.29 is 0 Å². The molecule has 2 aromatic rings. The second-order valence-corrected chi connectivity index (χ2v) is 5.37. The normalized spacial score (nSPS) is 10.8. The minimum absolute atomic E-state index is 0.788. The Hall–Kier alpha value is -0.840. The summed E-state index contributed by atoms with van der Waals surface area (Å²) in [6.07, 6.45) is 5.65. The van der Waals surface area contributed by atoms with Gasteiger partial charge in [0.05, 0.1) is 0 Å². The minimum atomic E-state index is 0.788. The number of aromatic amines is 1. The number of halogens is 2. The molecule has 1 heterocycles. The molecule has 0 bridgehead atoms. The highest BCUT2D eigenvalue weighted by atomic mass is 79.9. The van der Waals surface area contributed by atoms with E-state index in [1.165, 1.54) is 0 Å². The van der Waals surface area contributed by atoms with Crippen molar-refractivity contribution in [3.8, 4) is 0 Å². The van der Waals surface area contributed by atoms with Crippen LogP contribution in [0.15, 0.2) is 35.1 Å². The molecule has 0 aliphatic heterocycles. The van der Waals surface area contributed by atoms with E-state index in [1.807, 2.05) is 24.4 Å². The standard InChI is InChI=1S/C13H15BrClN3/c14-11-3-4-12(15)10(8-11)9-16-5-1-2-13-17-6-7-18-13/h3-4,6-8,16H,1-2,5,9H2,(H,17,18). The van der Waals surface area contributed by atoms with Crippen LogP contribution in [-0.4, -0.2) is 16.5 Å². The number of nitrogens with one attached hydrogen (secondary N) is 2. The van der Waals surface area contributed by atoms with Gasteiger partial charge in [0.1, 0.15) is 5.82 Å². The van der Waals surface area contributed by atoms with Crippen molar-refractivity contribution in [1.29, 1.82) is 0 Å². The number of hydrogen-bond acceptors (Lipinski definition) is 2. The van der Waals surface area contributed by atoms with Gasteiger partial charge in [-0.05, 0) is 36.7 Å². The van der Waals surface area contributed by atoms with Crippen LogP contribution in [0.5, 0.6) is 0 Å². The van der Waals surface area contributed by atoms with E-state index in [0.717, 1.165) is 46.8 Å². The first-order valence-corrected chi connectivity index (χ1v) is 7.05. The SMILES string of the molecule is Clc1ccc(Br)cc1CNCCCc1ncc[nH]1. The second kappa shape index (κ2) is 6.92. The van der Waals surface area contributed by atoms with Crippen molar-refractivity contribution in [3.05, 3.63) is 51.5 Å². The number of aryl methyl sites for hydroxylation is 1. The molecule has 2 rings (SSSR count). The van der Waals surface area contributed by atoms with E-state index in [-0.39, 0.29) is 0 Å². The van der Waals surface area contributed by atoms with Gasteiger partial charge in [0, 0.05) is 34.9 Å². The zero-order valence-corrected chi connectivity index (χ0v) is 12.3. The van der Waals surface area contributed by atoms with Gasteiger partial charge in [-0.1, -0.05) is 27.5 Å². The summed E-state index contributed by atoms with van der Waals surface area (Å²) >= 11 is 9.56. The van der Waals surface area contributed by atoms with Crippen LogP contribution in [0.25, 0.3) is 0 Å². The average molecular weight is 329 g/mol. The summed E-state index contributed by atoms with van der Waals surface area (Å²) in [4.78, 5) is 7.28. The molecule has 0 atom stereocenters. The maximum absolute atomic E-state index is 6.11. The molecule has 0 saturated heterocycles. The van der Waals surface area contributed by atoms with E-state index >= 15 is 0 Å². The Balaban J connectivity index is 1.70. The van der Waals surface area contributed by atoms with E-state index < -0.39 is 0 Å². The van der Waals surface area contributed by atoms with E-state index in [9.17, 15) is 0 Å². The lowest BCUT2D eigenvalue weighted by molar-refractivity contribution is 0.641. The number of benzene rings is 1. The molecule has 1 aromatic heterocycles. The van der Waals surface area contributed by atoms with E-state index in [0.29, 0.717) is 0 Å². The molecule has 2 N–H and O–H groups in total. The molecule has 0 aliphatic rings. The molecule has 0 saturated carbocycles. The predicted octanol–water partition coefficient (Wildman–Crippen LogP) is 3.55. The molecule has 18 heavy (non-hydrogen) atoms. The van der Waals surface area contributed by atoms with Crippen LogP contribution in [-0.2, 0) is 13.0 Å². The Labute approximate surface area is 120 Å². The fourth-order valence-corrected chi connectivity index (χ4v) is 2.31. The molecule has 0 unspecified atom stereocenters. The third-order valence-corrected chi connectivity index (χ3v) is 3.51. The Morgan fingerprint density at radius 1 is 1.39 bits per heavy atom. The summed E-state index contributed by atoms with van der Waals surface area (Å²) in [6, 6.07) is 5.90. The molecular formula is C13H15BrClN3. The van der Waals surface area contributed by atoms with Gasteiger partial charge in [0.15, 0.2) is 0 Å². The summed E-state index contributed by atoms with van der Waals surface area (Å²) in [5.41, 5.74) is 1.11. The van der Waals surface area contributed by atoms with E-state index in [1.54, 1.807) is 6.20 Å². The van der Waals surface area contributed by atoms with Gasteiger partial charge < -0.3 is 10.3 Å². The van der Waals surface area contributed by atoms with Crippen LogP contribution in [0.2, 0.25) is 5.02 Å². The third kappa shape index (κ3) is 4.12. The fraction of sp³-hybridized carbons (Fsp3) is 0.308. The zero-order valence-electron chi connectivity index (χ0n) is 9.92. The van der Waals surface area contributed by atoms with Crippen LogP contribution < -0.4 is 5.32 Å². The largest absolute Gasteiger partial charge is 0.349 e. The van der Waals surface area contributed by atoms with Crippen molar-refractivity contribution in [2.24, 2.45) is 0 Å². The topological polar surface area (TPSA) is 40.7 Å². The van der Waals surface area contributed by atoms with Gasteiger partial charge >= 0.3 is 0 Å². The second-order valence-electron chi connectivity index (χ2n) is 4.05. The molecule has 3 nitrogen and oxygen atoms in total. The highest BCUT2D eigenvalue weighted by Gasteiger charge is 2.01. The van der Waals surface area contributed by atoms with Gasteiger partial charge in [-0.3, -0.25) is 0 Å². The van der Waals surface area contributed by atoms with Crippen LogP contribution in [0.3, 0.4) is 0 Å². The molecule has 0 fully saturated rings. The average Bonchev–Trinajstić information content (AvgIpc) is 2.86. The first kappa shape index (κ1) is 13.6. The highest BCUT2D eigenvalue weighted by molar-refractivity contribution is 9.10. The van der Waals surface area contributed by atoms with Crippen molar-refractivity contribution >= 4 is 27.5 Å². The van der Waals surface area contributed by atoms with Crippen LogP contribution >= 0.6 is 27.5 Å². The molecule has 5 heteroatoms. The van der Waals surface area contributed by atoms with Crippen LogP contribution in [0, 0.1) is 0 Å².